The number of fused-ring (bicyclic) bond motifs is 3. The van der Waals surface area contributed by atoms with Crippen molar-refractivity contribution in [2.75, 3.05) is 21.3 Å². The van der Waals surface area contributed by atoms with Crippen LogP contribution in [-0.4, -0.2) is 32.0 Å². The van der Waals surface area contributed by atoms with E-state index in [1.807, 2.05) is 35.3 Å². The van der Waals surface area contributed by atoms with Crippen molar-refractivity contribution in [2.45, 2.75) is 18.7 Å². The molecule has 2 aromatic carbocycles. The van der Waals surface area contributed by atoms with Crippen LogP contribution in [0.3, 0.4) is 0 Å². The highest BCUT2D eigenvalue weighted by molar-refractivity contribution is 7.12. The average molecular weight is 423 g/mol. The third-order valence-electron chi connectivity index (χ3n) is 5.51. The molecule has 0 amide bonds. The van der Waals surface area contributed by atoms with Gasteiger partial charge in [0.15, 0.2) is 11.5 Å². The number of thiophene rings is 1. The summed E-state index contributed by atoms with van der Waals surface area (Å²) in [4.78, 5) is 1.18. The first kappa shape index (κ1) is 18.8. The second kappa shape index (κ2) is 7.57. The molecule has 0 spiro atoms. The minimum absolute atomic E-state index is 0.0925. The minimum Gasteiger partial charge on any atom is -0.496 e. The number of methoxy groups -OCH3 is 3. The minimum atomic E-state index is -0.447. The Morgan fingerprint density at radius 3 is 2.43 bits per heavy atom. The predicted octanol–water partition coefficient (Wildman–Crippen LogP) is 5.02. The maximum Gasteiger partial charge on any atom is 0.217 e. The molecule has 7 heteroatoms. The first-order valence-corrected chi connectivity index (χ1v) is 10.6. The van der Waals surface area contributed by atoms with E-state index >= 15 is 0 Å². The van der Waals surface area contributed by atoms with Gasteiger partial charge in [-0.25, -0.2) is 5.01 Å². The highest BCUT2D eigenvalue weighted by atomic mass is 32.1. The van der Waals surface area contributed by atoms with E-state index in [-0.39, 0.29) is 6.04 Å². The van der Waals surface area contributed by atoms with E-state index in [1.165, 1.54) is 4.88 Å². The molecule has 0 saturated heterocycles. The van der Waals surface area contributed by atoms with E-state index in [2.05, 4.69) is 23.6 Å². The molecule has 0 fully saturated rings. The quantitative estimate of drug-likeness (QED) is 0.578. The summed E-state index contributed by atoms with van der Waals surface area (Å²) in [7, 11) is 4.87. The lowest BCUT2D eigenvalue weighted by molar-refractivity contribution is -0.0205. The molecule has 6 nitrogen and oxygen atoms in total. The monoisotopic (exact) mass is 422 g/mol. The fourth-order valence-electron chi connectivity index (χ4n) is 4.08. The molecule has 0 radical (unpaired) electrons. The Labute approximate surface area is 179 Å². The molecule has 0 aliphatic carbocycles. The van der Waals surface area contributed by atoms with Gasteiger partial charge in [-0.2, -0.15) is 5.10 Å². The van der Waals surface area contributed by atoms with Crippen LogP contribution in [0.1, 0.15) is 34.7 Å². The van der Waals surface area contributed by atoms with Crippen molar-refractivity contribution in [3.05, 3.63) is 69.9 Å². The van der Waals surface area contributed by atoms with E-state index in [4.69, 9.17) is 24.0 Å². The van der Waals surface area contributed by atoms with Gasteiger partial charge in [0.2, 0.25) is 6.23 Å². The third-order valence-corrected chi connectivity index (χ3v) is 6.43. The van der Waals surface area contributed by atoms with Gasteiger partial charge >= 0.3 is 0 Å². The molecule has 0 unspecified atom stereocenters. The normalized spacial score (nSPS) is 19.4. The molecule has 3 heterocycles. The van der Waals surface area contributed by atoms with Crippen LogP contribution >= 0.6 is 11.3 Å². The van der Waals surface area contributed by atoms with E-state index < -0.39 is 6.23 Å². The SMILES string of the molecule is COc1cc(OC)c([C@@H]2Oc3ccccc3[C@H]3CC(c4cccs4)=NN32)cc1OC. The second-order valence-corrected chi connectivity index (χ2v) is 8.03. The number of benzene rings is 2. The smallest absolute Gasteiger partial charge is 0.217 e. The van der Waals surface area contributed by atoms with Crippen LogP contribution in [0.2, 0.25) is 0 Å². The molecule has 3 aromatic rings. The van der Waals surface area contributed by atoms with Gasteiger partial charge in [0.1, 0.15) is 11.5 Å². The summed E-state index contributed by atoms with van der Waals surface area (Å²) in [5.74, 6) is 2.75. The molecular formula is C23H22N2O4S. The van der Waals surface area contributed by atoms with Crippen molar-refractivity contribution >= 4 is 17.0 Å². The topological polar surface area (TPSA) is 52.5 Å². The fraction of sp³-hybridized carbons (Fsp3) is 0.261. The number of para-hydroxylation sites is 1. The molecule has 154 valence electrons. The van der Waals surface area contributed by atoms with Crippen LogP contribution in [0.15, 0.2) is 59.0 Å². The standard InChI is InChI=1S/C23H22N2O4S/c1-26-19-13-21(28-3)20(27-2)11-15(19)23-25-17(14-7-4-5-8-18(14)29-23)12-16(24-25)22-9-6-10-30-22/h4-11,13,17,23H,12H2,1-3H3/t17-,23+/m1/s1. The third kappa shape index (κ3) is 2.97. The Morgan fingerprint density at radius 2 is 1.70 bits per heavy atom. The molecule has 2 atom stereocenters. The van der Waals surface area contributed by atoms with Crippen molar-refractivity contribution in [2.24, 2.45) is 5.10 Å². The first-order chi connectivity index (χ1) is 14.7. The number of hydrogen-bond donors (Lipinski definition) is 0. The van der Waals surface area contributed by atoms with E-state index in [0.717, 1.165) is 29.0 Å². The van der Waals surface area contributed by atoms with Crippen molar-refractivity contribution < 1.29 is 18.9 Å². The zero-order chi connectivity index (χ0) is 20.7. The molecular weight excluding hydrogens is 400 g/mol. The predicted molar refractivity (Wildman–Crippen MR) is 116 cm³/mol. The van der Waals surface area contributed by atoms with Crippen LogP contribution in [0.4, 0.5) is 0 Å². The molecule has 0 saturated carbocycles. The number of hydrazone groups is 1. The Bertz CT molecular complexity index is 1100. The Hall–Kier alpha value is -3.19. The van der Waals surface area contributed by atoms with E-state index in [0.29, 0.717) is 17.2 Å². The van der Waals surface area contributed by atoms with Crippen molar-refractivity contribution in [3.8, 4) is 23.0 Å². The summed E-state index contributed by atoms with van der Waals surface area (Å²) in [6, 6.07) is 16.2. The number of hydrogen-bond acceptors (Lipinski definition) is 7. The summed E-state index contributed by atoms with van der Waals surface area (Å²) in [5, 5.41) is 9.11. The van der Waals surface area contributed by atoms with E-state index in [1.54, 1.807) is 32.7 Å². The Balaban J connectivity index is 1.64. The molecule has 0 N–H and O–H groups in total. The molecule has 1 aromatic heterocycles. The van der Waals surface area contributed by atoms with Gasteiger partial charge in [-0.3, -0.25) is 0 Å². The Kier molecular flexibility index (Phi) is 4.75. The van der Waals surface area contributed by atoms with Gasteiger partial charge in [-0.05, 0) is 23.6 Å². The lowest BCUT2D eigenvalue weighted by Gasteiger charge is -2.38. The van der Waals surface area contributed by atoms with Gasteiger partial charge in [-0.1, -0.05) is 24.3 Å². The maximum absolute atomic E-state index is 6.46. The highest BCUT2D eigenvalue weighted by Gasteiger charge is 2.42. The molecule has 30 heavy (non-hydrogen) atoms. The fourth-order valence-corrected chi connectivity index (χ4v) is 4.80. The zero-order valence-electron chi connectivity index (χ0n) is 17.0. The number of nitrogens with zero attached hydrogens (tertiary/aromatic N) is 2. The van der Waals surface area contributed by atoms with Gasteiger partial charge < -0.3 is 18.9 Å². The largest absolute Gasteiger partial charge is 0.496 e. The van der Waals surface area contributed by atoms with Crippen LogP contribution < -0.4 is 18.9 Å². The average Bonchev–Trinajstić information content (AvgIpc) is 3.47. The number of ether oxygens (including phenoxy) is 4. The van der Waals surface area contributed by atoms with Crippen LogP contribution in [-0.2, 0) is 0 Å². The van der Waals surface area contributed by atoms with Crippen LogP contribution in [0.25, 0.3) is 0 Å². The Morgan fingerprint density at radius 1 is 0.933 bits per heavy atom. The first-order valence-electron chi connectivity index (χ1n) is 9.68. The second-order valence-electron chi connectivity index (χ2n) is 7.08. The molecule has 2 aliphatic rings. The molecule has 2 aliphatic heterocycles. The van der Waals surface area contributed by atoms with Crippen molar-refractivity contribution in [1.29, 1.82) is 0 Å². The summed E-state index contributed by atoms with van der Waals surface area (Å²) in [5.41, 5.74) is 3.05. The number of rotatable bonds is 5. The molecule has 5 rings (SSSR count). The zero-order valence-corrected chi connectivity index (χ0v) is 17.8. The maximum atomic E-state index is 6.46. The summed E-state index contributed by atoms with van der Waals surface area (Å²) < 4.78 is 23.1. The summed E-state index contributed by atoms with van der Waals surface area (Å²) >= 11 is 1.70. The summed E-state index contributed by atoms with van der Waals surface area (Å²) in [6.45, 7) is 0. The lowest BCUT2D eigenvalue weighted by atomic mass is 9.97. The van der Waals surface area contributed by atoms with Gasteiger partial charge in [0, 0.05) is 18.1 Å². The van der Waals surface area contributed by atoms with Crippen LogP contribution in [0, 0.1) is 0 Å². The summed E-state index contributed by atoms with van der Waals surface area (Å²) in [6.07, 6.45) is 0.379. The molecule has 0 bridgehead atoms. The van der Waals surface area contributed by atoms with Crippen molar-refractivity contribution in [1.82, 2.24) is 5.01 Å². The van der Waals surface area contributed by atoms with Gasteiger partial charge in [0.25, 0.3) is 0 Å². The van der Waals surface area contributed by atoms with Crippen LogP contribution in [0.5, 0.6) is 23.0 Å². The lowest BCUT2D eigenvalue weighted by Crippen LogP contribution is -2.34. The van der Waals surface area contributed by atoms with E-state index in [9.17, 15) is 0 Å². The van der Waals surface area contributed by atoms with Crippen molar-refractivity contribution in [3.63, 3.8) is 0 Å². The van der Waals surface area contributed by atoms with Gasteiger partial charge in [-0.15, -0.1) is 11.3 Å². The van der Waals surface area contributed by atoms with Gasteiger partial charge in [0.05, 0.1) is 43.5 Å². The highest BCUT2D eigenvalue weighted by Crippen LogP contribution is 2.50.